The number of benzene rings is 1. The van der Waals surface area contributed by atoms with E-state index in [2.05, 4.69) is 5.32 Å². The fourth-order valence-corrected chi connectivity index (χ4v) is 2.83. The summed E-state index contributed by atoms with van der Waals surface area (Å²) in [7, 11) is 3.76. The summed E-state index contributed by atoms with van der Waals surface area (Å²) in [4.78, 5) is 25.5. The fourth-order valence-electron chi connectivity index (χ4n) is 1.93. The van der Waals surface area contributed by atoms with Gasteiger partial charge in [-0.2, -0.15) is 0 Å². The second-order valence-electron chi connectivity index (χ2n) is 4.83. The van der Waals surface area contributed by atoms with E-state index in [-0.39, 0.29) is 17.3 Å². The second-order valence-corrected chi connectivity index (χ2v) is 6.09. The minimum absolute atomic E-state index is 0.00640. The van der Waals surface area contributed by atoms with Crippen LogP contribution in [-0.2, 0) is 11.3 Å². The van der Waals surface area contributed by atoms with Crippen molar-refractivity contribution in [2.24, 2.45) is 0 Å². The van der Waals surface area contributed by atoms with Crippen LogP contribution in [0, 0.1) is 6.92 Å². The van der Waals surface area contributed by atoms with Crippen LogP contribution in [0.3, 0.4) is 0 Å². The molecular formula is C14H16ClN3O2S. The largest absolute Gasteiger partial charge is 0.376 e. The van der Waals surface area contributed by atoms with Crippen LogP contribution in [0.1, 0.15) is 5.69 Å². The molecule has 0 saturated carbocycles. The van der Waals surface area contributed by atoms with Crippen molar-refractivity contribution in [3.8, 4) is 0 Å². The lowest BCUT2D eigenvalue weighted by molar-refractivity contribution is -0.116. The van der Waals surface area contributed by atoms with Gasteiger partial charge in [-0.25, -0.2) is 0 Å². The quantitative estimate of drug-likeness (QED) is 0.940. The van der Waals surface area contributed by atoms with E-state index >= 15 is 0 Å². The van der Waals surface area contributed by atoms with Gasteiger partial charge in [-0.15, -0.1) is 0 Å². The minimum atomic E-state index is -0.260. The third-order valence-corrected chi connectivity index (χ3v) is 4.11. The predicted octanol–water partition coefficient (Wildman–Crippen LogP) is 2.58. The molecule has 0 aliphatic rings. The van der Waals surface area contributed by atoms with Gasteiger partial charge in [0.1, 0.15) is 6.54 Å². The number of halogens is 1. The lowest BCUT2D eigenvalue weighted by Gasteiger charge is -2.18. The first kappa shape index (κ1) is 15.6. The van der Waals surface area contributed by atoms with Gasteiger partial charge in [0.2, 0.25) is 5.91 Å². The molecule has 0 fully saturated rings. The topological polar surface area (TPSA) is 54.3 Å². The zero-order chi connectivity index (χ0) is 15.6. The average Bonchev–Trinajstić information content (AvgIpc) is 2.70. The van der Waals surface area contributed by atoms with Crippen LogP contribution in [0.5, 0.6) is 0 Å². The molecular weight excluding hydrogens is 310 g/mol. The molecule has 21 heavy (non-hydrogen) atoms. The van der Waals surface area contributed by atoms with Crippen LogP contribution in [0.25, 0.3) is 0 Å². The molecule has 0 bridgehead atoms. The van der Waals surface area contributed by atoms with E-state index in [0.29, 0.717) is 10.7 Å². The normalized spacial score (nSPS) is 10.5. The third kappa shape index (κ3) is 3.65. The van der Waals surface area contributed by atoms with Gasteiger partial charge in [0.25, 0.3) is 0 Å². The summed E-state index contributed by atoms with van der Waals surface area (Å²) in [6.45, 7) is 1.80. The number of aryl methyl sites for hydroxylation is 1. The number of nitrogens with one attached hydrogen (secondary N) is 1. The lowest BCUT2D eigenvalue weighted by Crippen LogP contribution is -2.26. The van der Waals surface area contributed by atoms with Gasteiger partial charge in [-0.3, -0.25) is 14.2 Å². The van der Waals surface area contributed by atoms with Crippen molar-refractivity contribution >= 4 is 40.2 Å². The standard InChI is InChI=1S/C14H16ClN3O2S/c1-9-8-21-14(20)18(9)7-13(19)16-11-6-10(15)4-5-12(11)17(2)3/h4-6,8H,7H2,1-3H3,(H,16,19). The van der Waals surface area contributed by atoms with Gasteiger partial charge in [0.05, 0.1) is 11.4 Å². The van der Waals surface area contributed by atoms with E-state index in [0.717, 1.165) is 22.7 Å². The Balaban J connectivity index is 2.20. The van der Waals surface area contributed by atoms with E-state index < -0.39 is 0 Å². The number of anilines is 2. The first-order valence-electron chi connectivity index (χ1n) is 6.30. The number of carbonyl (C=O) groups is 1. The summed E-state index contributed by atoms with van der Waals surface area (Å²) >= 11 is 7.06. The maximum absolute atomic E-state index is 12.1. The van der Waals surface area contributed by atoms with Crippen molar-refractivity contribution in [2.45, 2.75) is 13.5 Å². The van der Waals surface area contributed by atoms with Crippen molar-refractivity contribution in [3.05, 3.63) is 44.0 Å². The Kier molecular flexibility index (Phi) is 4.69. The van der Waals surface area contributed by atoms with Crippen molar-refractivity contribution in [3.63, 3.8) is 0 Å². The van der Waals surface area contributed by atoms with Crippen LogP contribution in [-0.4, -0.2) is 24.6 Å². The van der Waals surface area contributed by atoms with E-state index in [4.69, 9.17) is 11.6 Å². The predicted molar refractivity (Wildman–Crippen MR) is 87.7 cm³/mol. The molecule has 0 aliphatic heterocycles. The second kappa shape index (κ2) is 6.32. The Morgan fingerprint density at radius 2 is 2.14 bits per heavy atom. The summed E-state index contributed by atoms with van der Waals surface area (Å²) in [5.74, 6) is -0.260. The first-order valence-corrected chi connectivity index (χ1v) is 7.56. The molecule has 2 rings (SSSR count). The van der Waals surface area contributed by atoms with Crippen LogP contribution >= 0.6 is 22.9 Å². The molecule has 1 heterocycles. The molecule has 0 spiro atoms. The SMILES string of the molecule is Cc1csc(=O)n1CC(=O)Nc1cc(Cl)ccc1N(C)C. The number of hydrogen-bond donors (Lipinski definition) is 1. The van der Waals surface area contributed by atoms with Crippen molar-refractivity contribution < 1.29 is 4.79 Å². The summed E-state index contributed by atoms with van der Waals surface area (Å²) in [6, 6.07) is 5.29. The zero-order valence-corrected chi connectivity index (χ0v) is 13.6. The van der Waals surface area contributed by atoms with Gasteiger partial charge >= 0.3 is 4.87 Å². The molecule has 0 radical (unpaired) electrons. The number of carbonyl (C=O) groups excluding carboxylic acids is 1. The van der Waals surface area contributed by atoms with Crippen molar-refractivity contribution in [1.29, 1.82) is 0 Å². The molecule has 0 unspecified atom stereocenters. The van der Waals surface area contributed by atoms with Gasteiger partial charge in [-0.05, 0) is 25.1 Å². The Hall–Kier alpha value is -1.79. The highest BCUT2D eigenvalue weighted by atomic mass is 35.5. The summed E-state index contributed by atoms with van der Waals surface area (Å²) < 4.78 is 1.44. The van der Waals surface area contributed by atoms with Gasteiger partial charge in [-0.1, -0.05) is 22.9 Å². The van der Waals surface area contributed by atoms with E-state index in [1.165, 1.54) is 4.57 Å². The molecule has 0 atom stereocenters. The molecule has 0 aliphatic carbocycles. The molecule has 0 saturated heterocycles. The van der Waals surface area contributed by atoms with Crippen molar-refractivity contribution in [2.75, 3.05) is 24.3 Å². The van der Waals surface area contributed by atoms with Gasteiger partial charge < -0.3 is 10.2 Å². The first-order chi connectivity index (χ1) is 9.88. The van der Waals surface area contributed by atoms with Crippen LogP contribution in [0.15, 0.2) is 28.4 Å². The maximum Gasteiger partial charge on any atom is 0.307 e. The molecule has 2 aromatic rings. The molecule has 1 aromatic carbocycles. The van der Waals surface area contributed by atoms with Crippen LogP contribution < -0.4 is 15.1 Å². The Labute approximate surface area is 131 Å². The third-order valence-electron chi connectivity index (χ3n) is 2.99. The lowest BCUT2D eigenvalue weighted by atomic mass is 10.2. The van der Waals surface area contributed by atoms with Crippen LogP contribution in [0.4, 0.5) is 11.4 Å². The molecule has 112 valence electrons. The fraction of sp³-hybridized carbons (Fsp3) is 0.286. The molecule has 1 N–H and O–H groups in total. The van der Waals surface area contributed by atoms with E-state index in [1.54, 1.807) is 24.4 Å². The number of amides is 1. The Morgan fingerprint density at radius 1 is 1.43 bits per heavy atom. The number of nitrogens with zero attached hydrogens (tertiary/aromatic N) is 2. The highest BCUT2D eigenvalue weighted by Crippen LogP contribution is 2.27. The molecule has 1 aromatic heterocycles. The minimum Gasteiger partial charge on any atom is -0.376 e. The number of aromatic nitrogens is 1. The summed E-state index contributed by atoms with van der Waals surface area (Å²) in [5, 5.41) is 5.08. The maximum atomic E-state index is 12.1. The van der Waals surface area contributed by atoms with E-state index in [9.17, 15) is 9.59 Å². The summed E-state index contributed by atoms with van der Waals surface area (Å²) in [6.07, 6.45) is 0. The van der Waals surface area contributed by atoms with Gasteiger partial charge in [0.15, 0.2) is 0 Å². The Morgan fingerprint density at radius 3 is 2.71 bits per heavy atom. The summed E-state index contributed by atoms with van der Waals surface area (Å²) in [5.41, 5.74) is 2.25. The average molecular weight is 326 g/mol. The van der Waals surface area contributed by atoms with E-state index in [1.807, 2.05) is 25.1 Å². The number of rotatable bonds is 4. The van der Waals surface area contributed by atoms with Crippen LogP contribution in [0.2, 0.25) is 5.02 Å². The highest BCUT2D eigenvalue weighted by molar-refractivity contribution is 7.07. The number of thiazole rings is 1. The zero-order valence-electron chi connectivity index (χ0n) is 12.0. The highest BCUT2D eigenvalue weighted by Gasteiger charge is 2.12. The monoisotopic (exact) mass is 325 g/mol. The van der Waals surface area contributed by atoms with Gasteiger partial charge in [0, 0.05) is 30.2 Å². The molecule has 5 nitrogen and oxygen atoms in total. The van der Waals surface area contributed by atoms with Crippen molar-refractivity contribution in [1.82, 2.24) is 4.57 Å². The molecule has 7 heteroatoms. The smallest absolute Gasteiger partial charge is 0.307 e. The number of hydrogen-bond acceptors (Lipinski definition) is 4. The Bertz CT molecular complexity index is 721. The molecule has 1 amide bonds.